The van der Waals surface area contributed by atoms with Crippen molar-refractivity contribution in [2.75, 3.05) is 7.11 Å². The van der Waals surface area contributed by atoms with Crippen LogP contribution in [0.3, 0.4) is 0 Å². The molecule has 114 valence electrons. The fourth-order valence-corrected chi connectivity index (χ4v) is 4.91. The van der Waals surface area contributed by atoms with Gasteiger partial charge in [0.25, 0.3) is 0 Å². The van der Waals surface area contributed by atoms with Crippen molar-refractivity contribution in [3.63, 3.8) is 0 Å². The van der Waals surface area contributed by atoms with Gasteiger partial charge in [0.15, 0.2) is 0 Å². The van der Waals surface area contributed by atoms with Crippen LogP contribution in [0.1, 0.15) is 30.4 Å². The van der Waals surface area contributed by atoms with Crippen LogP contribution in [-0.2, 0) is 17.0 Å². The van der Waals surface area contributed by atoms with E-state index in [1.165, 1.54) is 19.2 Å². The van der Waals surface area contributed by atoms with Crippen molar-refractivity contribution in [2.45, 2.75) is 35.9 Å². The van der Waals surface area contributed by atoms with Crippen LogP contribution in [0.25, 0.3) is 5.57 Å². The second-order valence-electron chi connectivity index (χ2n) is 5.38. The highest BCUT2D eigenvalue weighted by atomic mass is 32.2. The molecule has 6 heteroatoms. The van der Waals surface area contributed by atoms with Crippen LogP contribution in [0.4, 0.5) is 13.2 Å². The lowest BCUT2D eigenvalue weighted by Gasteiger charge is -2.21. The molecular weight excluding hydrogens is 301 g/mol. The molecule has 0 aromatic heterocycles. The minimum absolute atomic E-state index is 0.0482. The summed E-state index contributed by atoms with van der Waals surface area (Å²) in [7, 11) is 0.412. The van der Waals surface area contributed by atoms with Crippen LogP contribution in [0.2, 0.25) is 0 Å². The molecule has 3 atom stereocenters. The maximum atomic E-state index is 12.9. The molecule has 1 aromatic rings. The first-order valence-corrected chi connectivity index (χ1v) is 8.03. The molecule has 1 saturated heterocycles. The van der Waals surface area contributed by atoms with Gasteiger partial charge in [-0.2, -0.15) is 13.2 Å². The van der Waals surface area contributed by atoms with Crippen molar-refractivity contribution in [1.82, 2.24) is 0 Å². The summed E-state index contributed by atoms with van der Waals surface area (Å²) in [5, 5.41) is 0.190. The maximum Gasteiger partial charge on any atom is 0.419 e. The molecular formula is C15H15F3O2S. The van der Waals surface area contributed by atoms with E-state index in [0.29, 0.717) is 6.42 Å². The Labute approximate surface area is 123 Å². The summed E-state index contributed by atoms with van der Waals surface area (Å²) in [6.45, 7) is 0. The van der Waals surface area contributed by atoms with Gasteiger partial charge in [-0.3, -0.25) is 4.21 Å². The quantitative estimate of drug-likeness (QED) is 0.830. The van der Waals surface area contributed by atoms with E-state index in [4.69, 9.17) is 4.74 Å². The van der Waals surface area contributed by atoms with Crippen molar-refractivity contribution >= 4 is 16.4 Å². The molecule has 0 spiro atoms. The maximum absolute atomic E-state index is 12.9. The molecule has 2 heterocycles. The van der Waals surface area contributed by atoms with Gasteiger partial charge in [-0.25, -0.2) is 0 Å². The van der Waals surface area contributed by atoms with Crippen molar-refractivity contribution in [3.05, 3.63) is 35.4 Å². The minimum atomic E-state index is -4.43. The van der Waals surface area contributed by atoms with Crippen LogP contribution in [0.5, 0.6) is 5.75 Å². The highest BCUT2D eigenvalue weighted by Crippen LogP contribution is 2.41. The number of benzene rings is 1. The number of hydrogen-bond acceptors (Lipinski definition) is 2. The molecule has 2 nitrogen and oxygen atoms in total. The van der Waals surface area contributed by atoms with Crippen LogP contribution in [0.15, 0.2) is 24.3 Å². The van der Waals surface area contributed by atoms with E-state index in [1.54, 1.807) is 0 Å². The monoisotopic (exact) mass is 316 g/mol. The molecule has 0 radical (unpaired) electrons. The fraction of sp³-hybridized carbons (Fsp3) is 0.467. The van der Waals surface area contributed by atoms with Crippen LogP contribution < -0.4 is 4.74 Å². The molecule has 2 aliphatic heterocycles. The summed E-state index contributed by atoms with van der Waals surface area (Å²) in [6.07, 6.45) is 0.0260. The Hall–Kier alpha value is -1.30. The van der Waals surface area contributed by atoms with E-state index in [-0.39, 0.29) is 16.2 Å². The van der Waals surface area contributed by atoms with E-state index in [1.807, 2.05) is 6.08 Å². The fourth-order valence-electron chi connectivity index (χ4n) is 3.04. The molecule has 3 unspecified atom stereocenters. The lowest BCUT2D eigenvalue weighted by molar-refractivity contribution is -0.138. The van der Waals surface area contributed by atoms with E-state index in [9.17, 15) is 17.4 Å². The molecule has 2 aliphatic rings. The highest BCUT2D eigenvalue weighted by molar-refractivity contribution is 7.86. The number of halogens is 3. The number of fused-ring (bicyclic) bond motifs is 2. The second-order valence-corrected chi connectivity index (χ2v) is 7.30. The van der Waals surface area contributed by atoms with Crippen molar-refractivity contribution in [1.29, 1.82) is 0 Å². The summed E-state index contributed by atoms with van der Waals surface area (Å²) in [4.78, 5) is 0. The molecule has 0 N–H and O–H groups in total. The van der Waals surface area contributed by atoms with Gasteiger partial charge in [0.05, 0.1) is 17.9 Å². The summed E-state index contributed by atoms with van der Waals surface area (Å²) >= 11 is 0. The average molecular weight is 316 g/mol. The SMILES string of the molecule is COc1cc(C2=CC3CCC(C2)S3=O)ccc1C(F)(F)F. The van der Waals surface area contributed by atoms with Gasteiger partial charge in [0, 0.05) is 16.0 Å². The number of rotatable bonds is 2. The summed E-state index contributed by atoms with van der Waals surface area (Å²) in [5.41, 5.74) is 0.944. The molecule has 21 heavy (non-hydrogen) atoms. The third-order valence-corrected chi connectivity index (χ3v) is 6.14. The summed E-state index contributed by atoms with van der Waals surface area (Å²) in [6, 6.07) is 3.97. The first-order valence-electron chi connectivity index (χ1n) is 6.76. The van der Waals surface area contributed by atoms with Gasteiger partial charge in [-0.15, -0.1) is 0 Å². The van der Waals surface area contributed by atoms with Crippen molar-refractivity contribution in [2.24, 2.45) is 0 Å². The normalized spacial score (nSPS) is 28.4. The van der Waals surface area contributed by atoms with E-state index >= 15 is 0 Å². The van der Waals surface area contributed by atoms with Gasteiger partial charge < -0.3 is 4.74 Å². The Morgan fingerprint density at radius 2 is 2.05 bits per heavy atom. The van der Waals surface area contributed by atoms with Gasteiger partial charge >= 0.3 is 6.18 Å². The number of methoxy groups -OCH3 is 1. The Balaban J connectivity index is 1.98. The Bertz CT molecular complexity index is 622. The highest BCUT2D eigenvalue weighted by Gasteiger charge is 2.37. The zero-order chi connectivity index (χ0) is 15.2. The van der Waals surface area contributed by atoms with Gasteiger partial charge in [0.2, 0.25) is 0 Å². The largest absolute Gasteiger partial charge is 0.496 e. The minimum Gasteiger partial charge on any atom is -0.496 e. The molecule has 0 aliphatic carbocycles. The Morgan fingerprint density at radius 3 is 2.67 bits per heavy atom. The first kappa shape index (κ1) is 14.6. The number of alkyl halides is 3. The zero-order valence-corrected chi connectivity index (χ0v) is 12.3. The predicted octanol–water partition coefficient (Wildman–Crippen LogP) is 3.78. The van der Waals surface area contributed by atoms with E-state index in [0.717, 1.165) is 30.0 Å². The Morgan fingerprint density at radius 1 is 1.29 bits per heavy atom. The molecule has 0 saturated carbocycles. The lowest BCUT2D eigenvalue weighted by atomic mass is 9.98. The topological polar surface area (TPSA) is 26.3 Å². The van der Waals surface area contributed by atoms with Crippen LogP contribution >= 0.6 is 0 Å². The van der Waals surface area contributed by atoms with Gasteiger partial charge in [-0.1, -0.05) is 12.1 Å². The average Bonchev–Trinajstić information content (AvgIpc) is 2.66. The number of hydrogen-bond donors (Lipinski definition) is 0. The van der Waals surface area contributed by atoms with Crippen LogP contribution in [0, 0.1) is 0 Å². The zero-order valence-electron chi connectivity index (χ0n) is 11.4. The molecule has 3 rings (SSSR count). The van der Waals surface area contributed by atoms with E-state index in [2.05, 4.69) is 0 Å². The predicted molar refractivity (Wildman–Crippen MR) is 75.5 cm³/mol. The molecule has 1 fully saturated rings. The van der Waals surface area contributed by atoms with E-state index < -0.39 is 22.5 Å². The van der Waals surface area contributed by atoms with Gasteiger partial charge in [-0.05, 0) is 42.5 Å². The summed E-state index contributed by atoms with van der Waals surface area (Å²) in [5.74, 6) is -0.167. The molecule has 1 aromatic carbocycles. The van der Waals surface area contributed by atoms with Crippen molar-refractivity contribution < 1.29 is 22.1 Å². The third-order valence-electron chi connectivity index (χ3n) is 4.11. The van der Waals surface area contributed by atoms with Crippen molar-refractivity contribution in [3.8, 4) is 5.75 Å². The van der Waals surface area contributed by atoms with Crippen LogP contribution in [-0.4, -0.2) is 21.8 Å². The first-order chi connectivity index (χ1) is 9.90. The Kier molecular flexibility index (Phi) is 3.59. The molecule has 0 amide bonds. The lowest BCUT2D eigenvalue weighted by Crippen LogP contribution is -2.19. The van der Waals surface area contributed by atoms with Gasteiger partial charge in [0.1, 0.15) is 5.75 Å². The second kappa shape index (κ2) is 5.16. The third kappa shape index (κ3) is 2.61. The molecule has 2 bridgehead atoms. The summed E-state index contributed by atoms with van der Waals surface area (Å²) < 4.78 is 55.4. The smallest absolute Gasteiger partial charge is 0.419 e. The number of allylic oxidation sites excluding steroid dienone is 1. The number of ether oxygens (including phenoxy) is 1. The standard InChI is InChI=1S/C15H15F3O2S/c1-20-14-8-9(2-5-13(14)15(16,17)18)10-6-11-3-4-12(7-10)21(11)19/h2,5-6,8,11-12H,3-4,7H2,1H3.